The van der Waals surface area contributed by atoms with Crippen LogP contribution in [0.4, 0.5) is 0 Å². The van der Waals surface area contributed by atoms with Gasteiger partial charge in [-0.1, -0.05) is 0 Å². The van der Waals surface area contributed by atoms with Crippen molar-refractivity contribution in [2.24, 2.45) is 0 Å². The summed E-state index contributed by atoms with van der Waals surface area (Å²) in [6.45, 7) is 4.53. The van der Waals surface area contributed by atoms with Gasteiger partial charge in [-0.05, 0) is 0 Å². The van der Waals surface area contributed by atoms with Crippen LogP contribution >= 0.6 is 28.8 Å². The average molecular weight is 455 g/mol. The molecular weight excluding hydrogens is 418 g/mol. The van der Waals surface area contributed by atoms with Gasteiger partial charge in [-0.2, -0.15) is 0 Å². The van der Waals surface area contributed by atoms with Crippen molar-refractivity contribution < 1.29 is 4.74 Å². The molecule has 0 radical (unpaired) electrons. The number of ether oxygens (including phenoxy) is 1. The topological polar surface area (TPSA) is 9.23 Å². The number of hydrogen-bond acceptors (Lipinski definition) is 1. The van der Waals surface area contributed by atoms with Crippen molar-refractivity contribution in [3.8, 4) is 5.75 Å². The van der Waals surface area contributed by atoms with Gasteiger partial charge in [0.1, 0.15) is 0 Å². The van der Waals surface area contributed by atoms with E-state index in [-0.39, 0.29) is 5.56 Å². The first-order valence-corrected chi connectivity index (χ1v) is 15.4. The molecule has 0 heterocycles. The van der Waals surface area contributed by atoms with E-state index in [1.54, 1.807) is 0 Å². The molecule has 0 aromatic heterocycles. The monoisotopic (exact) mass is 454 g/mol. The van der Waals surface area contributed by atoms with Gasteiger partial charge in [0.15, 0.2) is 0 Å². The van der Waals surface area contributed by atoms with Crippen LogP contribution in [0.25, 0.3) is 0 Å². The Morgan fingerprint density at radius 1 is 0.793 bits per heavy atom. The van der Waals surface area contributed by atoms with Crippen LogP contribution in [0.2, 0.25) is 0 Å². The molecule has 162 valence electrons. The molecule has 0 N–H and O–H groups in total. The molecule has 2 aromatic rings. The summed E-state index contributed by atoms with van der Waals surface area (Å²) >= 11 is 14.3. The van der Waals surface area contributed by atoms with Crippen molar-refractivity contribution in [1.29, 1.82) is 0 Å². The second-order valence-corrected chi connectivity index (χ2v) is 17.0. The summed E-state index contributed by atoms with van der Waals surface area (Å²) in [5.74, 6) is -1.54. The third-order valence-electron chi connectivity index (χ3n) is 5.72. The van der Waals surface area contributed by atoms with Crippen LogP contribution in [0.3, 0.4) is 0 Å². The quantitative estimate of drug-likeness (QED) is 0.204. The van der Waals surface area contributed by atoms with Gasteiger partial charge in [0.2, 0.25) is 0 Å². The predicted octanol–water partition coefficient (Wildman–Crippen LogP) is 8.92. The fourth-order valence-electron chi connectivity index (χ4n) is 4.07. The normalized spacial score (nSPS) is 14.1. The molecule has 4 heteroatoms. The molecule has 1 nitrogen and oxygen atoms in total. The van der Waals surface area contributed by atoms with Gasteiger partial charge in [0.25, 0.3) is 0 Å². The zero-order chi connectivity index (χ0) is 21.0. The Balaban J connectivity index is 2.08. The molecule has 0 aliphatic rings. The molecule has 0 saturated carbocycles. The number of hydrogen-bond donors (Lipinski definition) is 0. The minimum atomic E-state index is -2.37. The first-order valence-electron chi connectivity index (χ1n) is 11.1. The van der Waals surface area contributed by atoms with E-state index >= 15 is 0 Å². The molecule has 2 aromatic carbocycles. The van der Waals surface area contributed by atoms with Gasteiger partial charge in [-0.15, -0.1) is 0 Å². The number of alkyl halides is 1. The van der Waals surface area contributed by atoms with Crippen LogP contribution in [0, 0.1) is 0 Å². The Hall–Kier alpha value is -0.750. The van der Waals surface area contributed by atoms with E-state index in [0.29, 0.717) is 0 Å². The molecule has 0 spiro atoms. The third-order valence-corrected chi connectivity index (χ3v) is 13.4. The molecule has 29 heavy (non-hydrogen) atoms. The fourth-order valence-corrected chi connectivity index (χ4v) is 11.3. The van der Waals surface area contributed by atoms with Gasteiger partial charge < -0.3 is 0 Å². The molecule has 0 aliphatic heterocycles. The van der Waals surface area contributed by atoms with E-state index in [4.69, 9.17) is 27.6 Å². The van der Waals surface area contributed by atoms with E-state index in [1.807, 2.05) is 30.3 Å². The van der Waals surface area contributed by atoms with Crippen LogP contribution < -0.4 is 4.74 Å². The second kappa shape index (κ2) is 12.2. The molecule has 0 saturated heterocycles. The third kappa shape index (κ3) is 8.49. The number of unbranched alkanes of at least 4 members (excludes halogenated alkanes) is 2. The van der Waals surface area contributed by atoms with Crippen molar-refractivity contribution in [2.45, 2.75) is 64.1 Å². The van der Waals surface area contributed by atoms with Gasteiger partial charge >= 0.3 is 188 Å². The molecule has 0 fully saturated rings. The summed E-state index contributed by atoms with van der Waals surface area (Å²) in [7, 11) is 0. The first-order chi connectivity index (χ1) is 14.0. The van der Waals surface area contributed by atoms with Gasteiger partial charge in [0, 0.05) is 0 Å². The Morgan fingerprint density at radius 3 is 1.86 bits per heavy atom. The van der Waals surface area contributed by atoms with Crippen molar-refractivity contribution in [3.05, 3.63) is 66.2 Å². The standard InChI is InChI=1S/C25H37Cl2OP/c1-3-5-19-29(27,20-6-4-2,22-23-14-9-7-10-15-23)21-13-18-25(26)28-24-16-11-8-12-17-24/h7-12,14-17,25H,3-6,13,18-22H2,1-2H3. The second-order valence-electron chi connectivity index (χ2n) is 8.32. The molecule has 0 bridgehead atoms. The maximum absolute atomic E-state index is 7.78. The number of para-hydroxylation sites is 1. The molecular formula is C25H37Cl2OP. The van der Waals surface area contributed by atoms with Crippen molar-refractivity contribution >= 4 is 28.8 Å². The Morgan fingerprint density at radius 2 is 1.31 bits per heavy atom. The number of rotatable bonds is 14. The Bertz CT molecular complexity index is 684. The number of halogens is 2. The van der Waals surface area contributed by atoms with E-state index < -0.39 is 5.96 Å². The Labute approximate surface area is 187 Å². The van der Waals surface area contributed by atoms with E-state index in [0.717, 1.165) is 30.9 Å². The van der Waals surface area contributed by atoms with Crippen LogP contribution in [0.1, 0.15) is 57.9 Å². The van der Waals surface area contributed by atoms with Crippen LogP contribution in [0.15, 0.2) is 60.7 Å². The summed E-state index contributed by atoms with van der Waals surface area (Å²) in [5.41, 5.74) is 1.08. The van der Waals surface area contributed by atoms with Gasteiger partial charge in [-0.25, -0.2) is 0 Å². The van der Waals surface area contributed by atoms with Gasteiger partial charge in [-0.3, -0.25) is 0 Å². The first kappa shape index (κ1) is 24.5. The predicted molar refractivity (Wildman–Crippen MR) is 133 cm³/mol. The van der Waals surface area contributed by atoms with E-state index in [2.05, 4.69) is 44.2 Å². The van der Waals surface area contributed by atoms with Gasteiger partial charge in [0.05, 0.1) is 0 Å². The summed E-state index contributed by atoms with van der Waals surface area (Å²) in [6, 6.07) is 20.7. The summed E-state index contributed by atoms with van der Waals surface area (Å²) < 4.78 is 5.88. The van der Waals surface area contributed by atoms with Crippen molar-refractivity contribution in [3.63, 3.8) is 0 Å². The maximum atomic E-state index is 7.78. The fraction of sp³-hybridized carbons (Fsp3) is 0.520. The minimum absolute atomic E-state index is 0.308. The van der Waals surface area contributed by atoms with Crippen LogP contribution in [0.5, 0.6) is 5.75 Å². The van der Waals surface area contributed by atoms with E-state index in [1.165, 1.54) is 43.6 Å². The van der Waals surface area contributed by atoms with Crippen molar-refractivity contribution in [2.75, 3.05) is 18.5 Å². The average Bonchev–Trinajstić information content (AvgIpc) is 2.73. The molecule has 1 unspecified atom stereocenters. The summed E-state index contributed by atoms with van der Waals surface area (Å²) in [5, 5.41) is 0. The zero-order valence-corrected chi connectivity index (χ0v) is 20.4. The van der Waals surface area contributed by atoms with Crippen LogP contribution in [-0.4, -0.2) is 24.0 Å². The molecule has 0 amide bonds. The van der Waals surface area contributed by atoms with Crippen molar-refractivity contribution in [1.82, 2.24) is 0 Å². The van der Waals surface area contributed by atoms with E-state index in [9.17, 15) is 0 Å². The number of benzene rings is 2. The molecule has 2 rings (SSSR count). The van der Waals surface area contributed by atoms with Crippen LogP contribution in [-0.2, 0) is 6.16 Å². The summed E-state index contributed by atoms with van der Waals surface area (Å²) in [6.07, 6.45) is 11.1. The molecule has 1 atom stereocenters. The zero-order valence-electron chi connectivity index (χ0n) is 18.0. The summed E-state index contributed by atoms with van der Waals surface area (Å²) in [4.78, 5) is 0. The molecule has 0 aliphatic carbocycles. The SMILES string of the molecule is CCCCP(Cl)(CCCC)(CCCC(Cl)Oc1ccccc1)Cc1ccccc1. The Kier molecular flexibility index (Phi) is 10.3.